The van der Waals surface area contributed by atoms with E-state index in [2.05, 4.69) is 10.3 Å². The number of anilines is 1. The van der Waals surface area contributed by atoms with Crippen molar-refractivity contribution in [3.63, 3.8) is 0 Å². The van der Waals surface area contributed by atoms with Crippen molar-refractivity contribution in [1.29, 1.82) is 0 Å². The molecule has 0 radical (unpaired) electrons. The summed E-state index contributed by atoms with van der Waals surface area (Å²) in [6.45, 7) is 0.423. The van der Waals surface area contributed by atoms with Crippen LogP contribution >= 0.6 is 0 Å². The Morgan fingerprint density at radius 3 is 2.65 bits per heavy atom. The van der Waals surface area contributed by atoms with E-state index in [9.17, 15) is 4.79 Å². The minimum Gasteiger partial charge on any atom is -0.489 e. The number of carbonyl (C=O) groups is 1. The van der Waals surface area contributed by atoms with Crippen LogP contribution in [0.3, 0.4) is 0 Å². The van der Waals surface area contributed by atoms with Crippen LogP contribution in [0, 0.1) is 0 Å². The first kappa shape index (κ1) is 15.9. The van der Waals surface area contributed by atoms with Gasteiger partial charge in [0.15, 0.2) is 5.76 Å². The predicted octanol–water partition coefficient (Wildman–Crippen LogP) is 4.66. The van der Waals surface area contributed by atoms with Gasteiger partial charge in [-0.15, -0.1) is 0 Å². The molecule has 4 rings (SSSR count). The van der Waals surface area contributed by atoms with E-state index in [1.807, 2.05) is 42.5 Å². The highest BCUT2D eigenvalue weighted by atomic mass is 16.5. The number of pyridine rings is 1. The van der Waals surface area contributed by atoms with Crippen LogP contribution < -0.4 is 10.1 Å². The fraction of sp³-hybridized carbons (Fsp3) is 0.0476. The van der Waals surface area contributed by atoms with Crippen LogP contribution in [0.25, 0.3) is 10.9 Å². The summed E-state index contributed by atoms with van der Waals surface area (Å²) in [5.41, 5.74) is 2.64. The molecule has 2 heterocycles. The number of nitrogens with zero attached hydrogens (tertiary/aromatic N) is 1. The van der Waals surface area contributed by atoms with Crippen molar-refractivity contribution in [3.8, 4) is 5.75 Å². The van der Waals surface area contributed by atoms with Crippen LogP contribution in [0.4, 0.5) is 5.69 Å². The van der Waals surface area contributed by atoms with E-state index in [0.717, 1.165) is 16.5 Å². The van der Waals surface area contributed by atoms with Crippen LogP contribution in [0.1, 0.15) is 16.1 Å². The molecule has 0 saturated heterocycles. The Bertz CT molecular complexity index is 1020. The minimum absolute atomic E-state index is 0.272. The molecule has 128 valence electrons. The molecule has 5 heteroatoms. The summed E-state index contributed by atoms with van der Waals surface area (Å²) in [6.07, 6.45) is 3.25. The Hall–Kier alpha value is -3.60. The van der Waals surface area contributed by atoms with Crippen molar-refractivity contribution in [1.82, 2.24) is 4.98 Å². The number of benzene rings is 2. The van der Waals surface area contributed by atoms with E-state index < -0.39 is 0 Å². The van der Waals surface area contributed by atoms with Crippen LogP contribution in [-0.2, 0) is 6.61 Å². The summed E-state index contributed by atoms with van der Waals surface area (Å²) in [4.78, 5) is 16.4. The normalized spacial score (nSPS) is 10.6. The Kier molecular flexibility index (Phi) is 4.35. The van der Waals surface area contributed by atoms with Crippen molar-refractivity contribution in [2.75, 3.05) is 5.32 Å². The highest BCUT2D eigenvalue weighted by molar-refractivity contribution is 6.02. The first-order valence-corrected chi connectivity index (χ1v) is 8.20. The van der Waals surface area contributed by atoms with Crippen molar-refractivity contribution >= 4 is 22.5 Å². The molecule has 0 fully saturated rings. The molecule has 26 heavy (non-hydrogen) atoms. The second-order valence-corrected chi connectivity index (χ2v) is 5.74. The average molecular weight is 344 g/mol. The van der Waals surface area contributed by atoms with Gasteiger partial charge in [0, 0.05) is 22.8 Å². The molecule has 0 bridgehead atoms. The second-order valence-electron chi connectivity index (χ2n) is 5.74. The van der Waals surface area contributed by atoms with Crippen molar-refractivity contribution < 1.29 is 13.9 Å². The lowest BCUT2D eigenvalue weighted by molar-refractivity contribution is 0.0996. The number of carbonyl (C=O) groups excluding carboxylic acids is 1. The maximum atomic E-state index is 12.0. The summed E-state index contributed by atoms with van der Waals surface area (Å²) >= 11 is 0. The minimum atomic E-state index is -0.287. The maximum absolute atomic E-state index is 12.0. The number of ether oxygens (including phenoxy) is 1. The highest BCUT2D eigenvalue weighted by Gasteiger charge is 2.08. The van der Waals surface area contributed by atoms with Crippen molar-refractivity contribution in [3.05, 3.63) is 90.5 Å². The smallest absolute Gasteiger partial charge is 0.291 e. The zero-order valence-electron chi connectivity index (χ0n) is 13.9. The molecule has 0 aliphatic heterocycles. The number of aromatic nitrogens is 1. The third-order valence-electron chi connectivity index (χ3n) is 3.97. The molecule has 2 aromatic carbocycles. The summed E-state index contributed by atoms with van der Waals surface area (Å²) in [6, 6.07) is 20.5. The first-order valence-electron chi connectivity index (χ1n) is 8.20. The van der Waals surface area contributed by atoms with Gasteiger partial charge in [0.2, 0.25) is 0 Å². The van der Waals surface area contributed by atoms with E-state index in [-0.39, 0.29) is 11.7 Å². The molecular weight excluding hydrogens is 328 g/mol. The van der Waals surface area contributed by atoms with Crippen molar-refractivity contribution in [2.24, 2.45) is 0 Å². The molecule has 1 amide bonds. The molecule has 2 aromatic heterocycles. The zero-order valence-corrected chi connectivity index (χ0v) is 13.9. The van der Waals surface area contributed by atoms with Gasteiger partial charge in [0.05, 0.1) is 11.8 Å². The average Bonchev–Trinajstić information content (AvgIpc) is 3.22. The fourth-order valence-electron chi connectivity index (χ4n) is 2.68. The number of hydrogen-bond acceptors (Lipinski definition) is 4. The first-order chi connectivity index (χ1) is 12.8. The summed E-state index contributed by atoms with van der Waals surface area (Å²) in [7, 11) is 0. The fourth-order valence-corrected chi connectivity index (χ4v) is 2.68. The van der Waals surface area contributed by atoms with E-state index in [0.29, 0.717) is 18.0 Å². The van der Waals surface area contributed by atoms with Crippen LogP contribution in [0.15, 0.2) is 83.6 Å². The number of amides is 1. The molecule has 0 spiro atoms. The number of para-hydroxylation sites is 1. The van der Waals surface area contributed by atoms with Gasteiger partial charge in [0.25, 0.3) is 5.91 Å². The van der Waals surface area contributed by atoms with Gasteiger partial charge in [-0.25, -0.2) is 0 Å². The van der Waals surface area contributed by atoms with E-state index in [4.69, 9.17) is 9.15 Å². The number of fused-ring (bicyclic) bond motifs is 1. The molecule has 5 nitrogen and oxygen atoms in total. The van der Waals surface area contributed by atoms with Gasteiger partial charge in [-0.1, -0.05) is 24.3 Å². The zero-order chi connectivity index (χ0) is 17.8. The lowest BCUT2D eigenvalue weighted by Crippen LogP contribution is -2.10. The summed E-state index contributed by atoms with van der Waals surface area (Å²) < 4.78 is 10.9. The van der Waals surface area contributed by atoms with Gasteiger partial charge in [-0.05, 0) is 42.5 Å². The standard InChI is InChI=1S/C21H16N2O3/c24-21(19-7-3-13-25-19)23-17-8-10-18(11-9-17)26-14-16-5-1-4-15-6-2-12-22-20(15)16/h1-13H,14H2,(H,23,24). The van der Waals surface area contributed by atoms with Gasteiger partial charge < -0.3 is 14.5 Å². The SMILES string of the molecule is O=C(Nc1ccc(OCc2cccc3cccnc23)cc1)c1ccco1. The monoisotopic (exact) mass is 344 g/mol. The van der Waals surface area contributed by atoms with Gasteiger partial charge in [0.1, 0.15) is 12.4 Å². The molecule has 0 unspecified atom stereocenters. The molecule has 0 atom stereocenters. The molecule has 0 saturated carbocycles. The highest BCUT2D eigenvalue weighted by Crippen LogP contribution is 2.20. The number of hydrogen-bond donors (Lipinski definition) is 1. The Morgan fingerprint density at radius 1 is 1.00 bits per heavy atom. The number of furan rings is 1. The predicted molar refractivity (Wildman–Crippen MR) is 99.2 cm³/mol. The van der Waals surface area contributed by atoms with Crippen LogP contribution in [0.2, 0.25) is 0 Å². The summed E-state index contributed by atoms with van der Waals surface area (Å²) in [5.74, 6) is 0.702. The maximum Gasteiger partial charge on any atom is 0.291 e. The third-order valence-corrected chi connectivity index (χ3v) is 3.97. The quantitative estimate of drug-likeness (QED) is 0.572. The number of rotatable bonds is 5. The molecule has 0 aliphatic rings. The molecule has 0 aliphatic carbocycles. The lowest BCUT2D eigenvalue weighted by atomic mass is 10.1. The Morgan fingerprint density at radius 2 is 1.85 bits per heavy atom. The summed E-state index contributed by atoms with van der Waals surface area (Å²) in [5, 5.41) is 3.86. The lowest BCUT2D eigenvalue weighted by Gasteiger charge is -2.09. The largest absolute Gasteiger partial charge is 0.489 e. The topological polar surface area (TPSA) is 64.4 Å². The second kappa shape index (κ2) is 7.11. The van der Waals surface area contributed by atoms with Crippen molar-refractivity contribution in [2.45, 2.75) is 6.61 Å². The van der Waals surface area contributed by atoms with E-state index in [1.54, 1.807) is 30.5 Å². The molecular formula is C21H16N2O3. The molecule has 1 N–H and O–H groups in total. The van der Waals surface area contributed by atoms with Crippen LogP contribution in [0.5, 0.6) is 5.75 Å². The van der Waals surface area contributed by atoms with Gasteiger partial charge >= 0.3 is 0 Å². The third kappa shape index (κ3) is 3.42. The Balaban J connectivity index is 1.42. The Labute approximate surface area is 150 Å². The van der Waals surface area contributed by atoms with E-state index in [1.165, 1.54) is 6.26 Å². The number of nitrogens with one attached hydrogen (secondary N) is 1. The van der Waals surface area contributed by atoms with Crippen LogP contribution in [-0.4, -0.2) is 10.9 Å². The molecule has 4 aromatic rings. The van der Waals surface area contributed by atoms with Gasteiger partial charge in [-0.3, -0.25) is 9.78 Å². The van der Waals surface area contributed by atoms with Gasteiger partial charge in [-0.2, -0.15) is 0 Å². The van der Waals surface area contributed by atoms with E-state index >= 15 is 0 Å².